The molecule has 0 unspecified atom stereocenters. The molecular weight excluding hydrogens is 481 g/mol. The molecule has 0 bridgehead atoms. The van der Waals surface area contributed by atoms with Gasteiger partial charge in [0.1, 0.15) is 5.82 Å². The van der Waals surface area contributed by atoms with E-state index in [-0.39, 0.29) is 17.3 Å². The van der Waals surface area contributed by atoms with Gasteiger partial charge in [-0.2, -0.15) is 14.6 Å². The normalized spacial score (nSPS) is 13.7. The number of piperazine rings is 1. The Bertz CT molecular complexity index is 1590. The molecule has 194 valence electrons. The molecular formula is C30H30FN5O2. The number of benzene rings is 2. The van der Waals surface area contributed by atoms with Crippen molar-refractivity contribution >= 4 is 17.4 Å². The lowest BCUT2D eigenvalue weighted by Gasteiger charge is -2.35. The van der Waals surface area contributed by atoms with E-state index in [1.54, 1.807) is 27.6 Å². The molecule has 8 heteroatoms. The Kier molecular flexibility index (Phi) is 7.05. The van der Waals surface area contributed by atoms with E-state index in [9.17, 15) is 14.0 Å². The highest BCUT2D eigenvalue weighted by Crippen LogP contribution is 2.32. The van der Waals surface area contributed by atoms with E-state index >= 15 is 0 Å². The quantitative estimate of drug-likeness (QED) is 0.352. The van der Waals surface area contributed by atoms with Crippen molar-refractivity contribution in [3.8, 4) is 22.3 Å². The summed E-state index contributed by atoms with van der Waals surface area (Å²) in [4.78, 5) is 34.0. The molecule has 0 radical (unpaired) electrons. The second-order valence-corrected chi connectivity index (χ2v) is 9.44. The van der Waals surface area contributed by atoms with Gasteiger partial charge in [-0.15, -0.1) is 0 Å². The lowest BCUT2D eigenvalue weighted by Crippen LogP contribution is -2.49. The largest absolute Gasteiger partial charge is 0.337 e. The fraction of sp³-hybridized carbons (Fsp3) is 0.267. The number of anilines is 1. The van der Waals surface area contributed by atoms with Gasteiger partial charge in [-0.05, 0) is 42.7 Å². The monoisotopic (exact) mass is 511 g/mol. The summed E-state index contributed by atoms with van der Waals surface area (Å²) < 4.78 is 16.6. The van der Waals surface area contributed by atoms with Crippen molar-refractivity contribution in [1.82, 2.24) is 19.5 Å². The fourth-order valence-corrected chi connectivity index (χ4v) is 5.11. The van der Waals surface area contributed by atoms with Gasteiger partial charge in [0, 0.05) is 37.3 Å². The summed E-state index contributed by atoms with van der Waals surface area (Å²) in [7, 11) is 0. The van der Waals surface area contributed by atoms with Gasteiger partial charge in [0.15, 0.2) is 0 Å². The second-order valence-electron chi connectivity index (χ2n) is 9.44. The summed E-state index contributed by atoms with van der Waals surface area (Å²) in [5.74, 6) is -0.0593. The van der Waals surface area contributed by atoms with E-state index in [4.69, 9.17) is 5.10 Å². The minimum absolute atomic E-state index is 0.119. The minimum Gasteiger partial charge on any atom is -0.337 e. The third-order valence-corrected chi connectivity index (χ3v) is 7.03. The standard InChI is InChI=1S/C30H30FN5O2/c1-4-10-21-11-6-7-12-22(21)28-26-19-24(23-13-8-9-14-25(23)31)20(3)33-36(26)30(32-29(28)38)35-17-15-34(16-18-35)27(37)5-2/h5-9,11-14,19H,2,4,10,15-18H2,1,3H3. The Balaban J connectivity index is 1.74. The van der Waals surface area contributed by atoms with Crippen LogP contribution >= 0.6 is 0 Å². The molecule has 4 aromatic rings. The first-order valence-corrected chi connectivity index (χ1v) is 12.9. The van der Waals surface area contributed by atoms with Gasteiger partial charge in [-0.25, -0.2) is 4.39 Å². The van der Waals surface area contributed by atoms with Crippen LogP contribution in [0.3, 0.4) is 0 Å². The number of aryl methyl sites for hydroxylation is 2. The van der Waals surface area contributed by atoms with Crippen molar-refractivity contribution < 1.29 is 9.18 Å². The molecule has 0 aliphatic carbocycles. The van der Waals surface area contributed by atoms with Crippen LogP contribution in [0, 0.1) is 12.7 Å². The SMILES string of the molecule is C=CC(=O)N1CCN(c2nc(=O)c(-c3ccccc3CCC)c3cc(-c4ccccc4F)c(C)nn23)CC1. The van der Waals surface area contributed by atoms with Crippen molar-refractivity contribution in [2.24, 2.45) is 0 Å². The Morgan fingerprint density at radius 1 is 1.03 bits per heavy atom. The number of aromatic nitrogens is 3. The van der Waals surface area contributed by atoms with E-state index in [1.807, 2.05) is 42.2 Å². The van der Waals surface area contributed by atoms with E-state index < -0.39 is 0 Å². The molecule has 3 heterocycles. The zero-order valence-electron chi connectivity index (χ0n) is 21.7. The van der Waals surface area contributed by atoms with Crippen LogP contribution in [0.2, 0.25) is 0 Å². The van der Waals surface area contributed by atoms with Crippen molar-refractivity contribution in [3.63, 3.8) is 0 Å². The summed E-state index contributed by atoms with van der Waals surface area (Å²) in [6.45, 7) is 9.46. The average molecular weight is 512 g/mol. The summed E-state index contributed by atoms with van der Waals surface area (Å²) in [5.41, 5.74) is 4.17. The summed E-state index contributed by atoms with van der Waals surface area (Å²) in [6.07, 6.45) is 3.04. The Morgan fingerprint density at radius 3 is 2.39 bits per heavy atom. The minimum atomic E-state index is -0.363. The number of amides is 1. The molecule has 1 fully saturated rings. The van der Waals surface area contributed by atoms with E-state index in [0.717, 1.165) is 24.0 Å². The van der Waals surface area contributed by atoms with Gasteiger partial charge in [0.25, 0.3) is 5.56 Å². The fourth-order valence-electron chi connectivity index (χ4n) is 5.11. The maximum absolute atomic E-state index is 14.9. The van der Waals surface area contributed by atoms with Gasteiger partial charge in [0.05, 0.1) is 16.8 Å². The number of hydrogen-bond acceptors (Lipinski definition) is 5. The maximum Gasteiger partial charge on any atom is 0.283 e. The highest BCUT2D eigenvalue weighted by Gasteiger charge is 2.26. The highest BCUT2D eigenvalue weighted by atomic mass is 19.1. The van der Waals surface area contributed by atoms with Crippen LogP contribution in [-0.4, -0.2) is 51.6 Å². The molecule has 2 aromatic carbocycles. The molecule has 7 nitrogen and oxygen atoms in total. The predicted molar refractivity (Wildman–Crippen MR) is 148 cm³/mol. The molecule has 38 heavy (non-hydrogen) atoms. The summed E-state index contributed by atoms with van der Waals surface area (Å²) in [5, 5.41) is 4.85. The molecule has 5 rings (SSSR count). The molecule has 0 spiro atoms. The second kappa shape index (κ2) is 10.6. The van der Waals surface area contributed by atoms with Crippen molar-refractivity contribution in [2.45, 2.75) is 26.7 Å². The van der Waals surface area contributed by atoms with Crippen molar-refractivity contribution in [2.75, 3.05) is 31.1 Å². The van der Waals surface area contributed by atoms with Crippen molar-refractivity contribution in [3.05, 3.63) is 94.7 Å². The van der Waals surface area contributed by atoms with Crippen LogP contribution in [0.5, 0.6) is 0 Å². The lowest BCUT2D eigenvalue weighted by atomic mass is 9.96. The molecule has 0 atom stereocenters. The summed E-state index contributed by atoms with van der Waals surface area (Å²) in [6, 6.07) is 16.3. The third-order valence-electron chi connectivity index (χ3n) is 7.03. The van der Waals surface area contributed by atoms with E-state index in [0.29, 0.717) is 60.0 Å². The van der Waals surface area contributed by atoms with Crippen LogP contribution in [0.25, 0.3) is 27.8 Å². The zero-order valence-corrected chi connectivity index (χ0v) is 21.7. The summed E-state index contributed by atoms with van der Waals surface area (Å²) >= 11 is 0. The van der Waals surface area contributed by atoms with Gasteiger partial charge in [-0.1, -0.05) is 62.4 Å². The Hall–Kier alpha value is -4.33. The first kappa shape index (κ1) is 25.3. The zero-order chi connectivity index (χ0) is 26.8. The smallest absolute Gasteiger partial charge is 0.283 e. The number of nitrogens with zero attached hydrogens (tertiary/aromatic N) is 5. The molecule has 0 N–H and O–H groups in total. The van der Waals surface area contributed by atoms with Crippen molar-refractivity contribution in [1.29, 1.82) is 0 Å². The molecule has 1 aliphatic heterocycles. The molecule has 0 saturated carbocycles. The van der Waals surface area contributed by atoms with Gasteiger partial charge >= 0.3 is 0 Å². The van der Waals surface area contributed by atoms with Gasteiger partial charge in [0.2, 0.25) is 11.9 Å². The third kappa shape index (κ3) is 4.58. The van der Waals surface area contributed by atoms with Gasteiger partial charge in [-0.3, -0.25) is 9.59 Å². The number of halogens is 1. The first-order chi connectivity index (χ1) is 18.4. The number of rotatable bonds is 6. The lowest BCUT2D eigenvalue weighted by molar-refractivity contribution is -0.126. The molecule has 1 amide bonds. The average Bonchev–Trinajstić information content (AvgIpc) is 2.93. The van der Waals surface area contributed by atoms with Crippen LogP contribution < -0.4 is 10.5 Å². The van der Waals surface area contributed by atoms with Crippen LogP contribution in [0.1, 0.15) is 24.6 Å². The molecule has 1 saturated heterocycles. The predicted octanol–water partition coefficient (Wildman–Crippen LogP) is 4.66. The van der Waals surface area contributed by atoms with E-state index in [2.05, 4.69) is 18.5 Å². The Morgan fingerprint density at radius 2 is 1.71 bits per heavy atom. The van der Waals surface area contributed by atoms with Crippen LogP contribution in [0.4, 0.5) is 10.3 Å². The van der Waals surface area contributed by atoms with Gasteiger partial charge < -0.3 is 9.80 Å². The first-order valence-electron chi connectivity index (χ1n) is 12.9. The number of fused-ring (bicyclic) bond motifs is 1. The number of carbonyl (C=O) groups excluding carboxylic acids is 1. The Labute approximate surface area is 220 Å². The number of hydrogen-bond donors (Lipinski definition) is 0. The maximum atomic E-state index is 14.9. The van der Waals surface area contributed by atoms with Crippen LogP contribution in [0.15, 0.2) is 72.0 Å². The number of carbonyl (C=O) groups is 1. The van der Waals surface area contributed by atoms with Crippen LogP contribution in [-0.2, 0) is 11.2 Å². The molecule has 1 aliphatic rings. The highest BCUT2D eigenvalue weighted by molar-refractivity contribution is 5.87. The van der Waals surface area contributed by atoms with E-state index in [1.165, 1.54) is 12.1 Å². The molecule has 2 aromatic heterocycles. The topological polar surface area (TPSA) is 70.8 Å².